The van der Waals surface area contributed by atoms with E-state index in [1.54, 1.807) is 0 Å². The fourth-order valence-corrected chi connectivity index (χ4v) is 2.49. The summed E-state index contributed by atoms with van der Waals surface area (Å²) in [4.78, 5) is 14.1. The van der Waals surface area contributed by atoms with Crippen molar-refractivity contribution >= 4 is 11.6 Å². The SMILES string of the molecule is CCOc1ccc(NC(=O)CN(C)Cc2ccc(CC)cc2)cc1. The Labute approximate surface area is 144 Å². The molecule has 1 N–H and O–H groups in total. The molecule has 0 bridgehead atoms. The molecule has 0 radical (unpaired) electrons. The van der Waals surface area contributed by atoms with E-state index in [9.17, 15) is 4.79 Å². The molecule has 0 saturated heterocycles. The van der Waals surface area contributed by atoms with Crippen LogP contribution in [0.3, 0.4) is 0 Å². The Balaban J connectivity index is 1.82. The number of nitrogens with one attached hydrogen (secondary N) is 1. The molecule has 2 aromatic rings. The number of benzene rings is 2. The third kappa shape index (κ3) is 5.70. The molecule has 4 heteroatoms. The highest BCUT2D eigenvalue weighted by molar-refractivity contribution is 5.92. The van der Waals surface area contributed by atoms with Gasteiger partial charge in [-0.15, -0.1) is 0 Å². The summed E-state index contributed by atoms with van der Waals surface area (Å²) in [5.41, 5.74) is 3.32. The Morgan fingerprint density at radius 1 is 1.00 bits per heavy atom. The van der Waals surface area contributed by atoms with Gasteiger partial charge in [-0.05, 0) is 55.8 Å². The van der Waals surface area contributed by atoms with E-state index < -0.39 is 0 Å². The van der Waals surface area contributed by atoms with Gasteiger partial charge in [0.25, 0.3) is 0 Å². The van der Waals surface area contributed by atoms with Crippen molar-refractivity contribution in [3.8, 4) is 5.75 Å². The van der Waals surface area contributed by atoms with Gasteiger partial charge < -0.3 is 10.1 Å². The van der Waals surface area contributed by atoms with Crippen molar-refractivity contribution in [2.75, 3.05) is 25.5 Å². The molecule has 0 saturated carbocycles. The molecule has 0 fully saturated rings. The minimum atomic E-state index is -0.0214. The van der Waals surface area contributed by atoms with Gasteiger partial charge in [-0.25, -0.2) is 0 Å². The summed E-state index contributed by atoms with van der Waals surface area (Å²) < 4.78 is 5.39. The van der Waals surface area contributed by atoms with Gasteiger partial charge in [0.2, 0.25) is 5.91 Å². The molecular weight excluding hydrogens is 300 g/mol. The van der Waals surface area contributed by atoms with Crippen molar-refractivity contribution in [3.63, 3.8) is 0 Å². The lowest BCUT2D eigenvalue weighted by molar-refractivity contribution is -0.117. The summed E-state index contributed by atoms with van der Waals surface area (Å²) in [5, 5.41) is 2.91. The van der Waals surface area contributed by atoms with E-state index in [1.807, 2.05) is 43.1 Å². The van der Waals surface area contributed by atoms with Crippen molar-refractivity contribution in [1.29, 1.82) is 0 Å². The number of nitrogens with zero attached hydrogens (tertiary/aromatic N) is 1. The lowest BCUT2D eigenvalue weighted by atomic mass is 10.1. The van der Waals surface area contributed by atoms with Gasteiger partial charge in [0.05, 0.1) is 13.2 Å². The zero-order valence-electron chi connectivity index (χ0n) is 14.7. The first-order valence-electron chi connectivity index (χ1n) is 8.39. The van der Waals surface area contributed by atoms with Gasteiger partial charge in [-0.3, -0.25) is 9.69 Å². The molecule has 0 spiro atoms. The third-order valence-corrected chi connectivity index (χ3v) is 3.75. The van der Waals surface area contributed by atoms with E-state index in [0.717, 1.165) is 24.4 Å². The standard InChI is InChI=1S/C20H26N2O2/c1-4-16-6-8-17(9-7-16)14-22(3)15-20(23)21-18-10-12-19(13-11-18)24-5-2/h6-13H,4-5,14-15H2,1-3H3,(H,21,23). The molecular formula is C20H26N2O2. The highest BCUT2D eigenvalue weighted by Crippen LogP contribution is 2.15. The number of amides is 1. The van der Waals surface area contributed by atoms with E-state index in [1.165, 1.54) is 11.1 Å². The van der Waals surface area contributed by atoms with Crippen molar-refractivity contribution < 1.29 is 9.53 Å². The summed E-state index contributed by atoms with van der Waals surface area (Å²) in [7, 11) is 1.95. The number of ether oxygens (including phenoxy) is 1. The Morgan fingerprint density at radius 2 is 1.62 bits per heavy atom. The second-order valence-corrected chi connectivity index (χ2v) is 5.85. The number of likely N-dealkylation sites (N-methyl/N-ethyl adjacent to an activating group) is 1. The molecule has 0 aliphatic heterocycles. The third-order valence-electron chi connectivity index (χ3n) is 3.75. The number of anilines is 1. The highest BCUT2D eigenvalue weighted by Gasteiger charge is 2.08. The van der Waals surface area contributed by atoms with Crippen LogP contribution >= 0.6 is 0 Å². The van der Waals surface area contributed by atoms with Crippen molar-refractivity contribution in [1.82, 2.24) is 4.90 Å². The molecule has 4 nitrogen and oxygen atoms in total. The predicted octanol–water partition coefficient (Wildman–Crippen LogP) is 3.72. The molecule has 0 unspecified atom stereocenters. The number of hydrogen-bond donors (Lipinski definition) is 1. The quantitative estimate of drug-likeness (QED) is 0.804. The van der Waals surface area contributed by atoms with Crippen LogP contribution in [-0.4, -0.2) is 31.0 Å². The van der Waals surface area contributed by atoms with Crippen molar-refractivity contribution in [2.24, 2.45) is 0 Å². The number of carbonyl (C=O) groups is 1. The maximum atomic E-state index is 12.1. The average Bonchev–Trinajstić information content (AvgIpc) is 2.57. The van der Waals surface area contributed by atoms with Crippen LogP contribution in [-0.2, 0) is 17.8 Å². The van der Waals surface area contributed by atoms with Crippen LogP contribution in [0, 0.1) is 0 Å². The smallest absolute Gasteiger partial charge is 0.238 e. The molecule has 0 aliphatic rings. The largest absolute Gasteiger partial charge is 0.494 e. The molecule has 0 aliphatic carbocycles. The molecule has 24 heavy (non-hydrogen) atoms. The molecule has 2 aromatic carbocycles. The lowest BCUT2D eigenvalue weighted by Gasteiger charge is -2.16. The van der Waals surface area contributed by atoms with Crippen LogP contribution in [0.5, 0.6) is 5.75 Å². The average molecular weight is 326 g/mol. The maximum absolute atomic E-state index is 12.1. The number of hydrogen-bond acceptors (Lipinski definition) is 3. The van der Waals surface area contributed by atoms with Crippen LogP contribution in [0.25, 0.3) is 0 Å². The molecule has 2 rings (SSSR count). The van der Waals surface area contributed by atoms with Crippen LogP contribution < -0.4 is 10.1 Å². The molecule has 0 atom stereocenters. The molecule has 128 valence electrons. The van der Waals surface area contributed by atoms with Gasteiger partial charge in [0.1, 0.15) is 5.75 Å². The van der Waals surface area contributed by atoms with E-state index in [0.29, 0.717) is 13.2 Å². The normalized spacial score (nSPS) is 10.7. The highest BCUT2D eigenvalue weighted by atomic mass is 16.5. The fraction of sp³-hybridized carbons (Fsp3) is 0.350. The van der Waals surface area contributed by atoms with Crippen LogP contribution in [0.4, 0.5) is 5.69 Å². The molecule has 0 aromatic heterocycles. The van der Waals surface area contributed by atoms with E-state index in [2.05, 4.69) is 36.5 Å². The van der Waals surface area contributed by atoms with Crippen LogP contribution in [0.2, 0.25) is 0 Å². The number of carbonyl (C=O) groups excluding carboxylic acids is 1. The maximum Gasteiger partial charge on any atom is 0.238 e. The Kier molecular flexibility index (Phi) is 6.82. The fourth-order valence-electron chi connectivity index (χ4n) is 2.49. The van der Waals surface area contributed by atoms with E-state index in [-0.39, 0.29) is 5.91 Å². The molecule has 0 heterocycles. The lowest BCUT2D eigenvalue weighted by Crippen LogP contribution is -2.29. The van der Waals surface area contributed by atoms with Gasteiger partial charge >= 0.3 is 0 Å². The summed E-state index contributed by atoms with van der Waals surface area (Å²) in [6.07, 6.45) is 1.04. The summed E-state index contributed by atoms with van der Waals surface area (Å²) in [6.45, 7) is 5.83. The van der Waals surface area contributed by atoms with Crippen LogP contribution in [0.1, 0.15) is 25.0 Å². The monoisotopic (exact) mass is 326 g/mol. The molecule has 1 amide bonds. The topological polar surface area (TPSA) is 41.6 Å². The summed E-state index contributed by atoms with van der Waals surface area (Å²) >= 11 is 0. The minimum Gasteiger partial charge on any atom is -0.494 e. The zero-order valence-corrected chi connectivity index (χ0v) is 14.7. The second kappa shape index (κ2) is 9.08. The first kappa shape index (κ1) is 18.0. The van der Waals surface area contributed by atoms with Gasteiger partial charge in [-0.2, -0.15) is 0 Å². The predicted molar refractivity (Wildman–Crippen MR) is 98.4 cm³/mol. The Bertz CT molecular complexity index is 636. The van der Waals surface area contributed by atoms with Crippen molar-refractivity contribution in [2.45, 2.75) is 26.8 Å². The first-order chi connectivity index (χ1) is 11.6. The van der Waals surface area contributed by atoms with Crippen LogP contribution in [0.15, 0.2) is 48.5 Å². The van der Waals surface area contributed by atoms with Gasteiger partial charge in [0, 0.05) is 12.2 Å². The zero-order chi connectivity index (χ0) is 17.4. The Hall–Kier alpha value is -2.33. The second-order valence-electron chi connectivity index (χ2n) is 5.85. The first-order valence-corrected chi connectivity index (χ1v) is 8.39. The number of rotatable bonds is 8. The summed E-state index contributed by atoms with van der Waals surface area (Å²) in [6, 6.07) is 16.0. The Morgan fingerprint density at radius 3 is 2.21 bits per heavy atom. The van der Waals surface area contributed by atoms with E-state index >= 15 is 0 Å². The van der Waals surface area contributed by atoms with Gasteiger partial charge in [-0.1, -0.05) is 31.2 Å². The van der Waals surface area contributed by atoms with Crippen molar-refractivity contribution in [3.05, 3.63) is 59.7 Å². The summed E-state index contributed by atoms with van der Waals surface area (Å²) in [5.74, 6) is 0.787. The number of aryl methyl sites for hydroxylation is 1. The van der Waals surface area contributed by atoms with Gasteiger partial charge in [0.15, 0.2) is 0 Å². The minimum absolute atomic E-state index is 0.0214. The van der Waals surface area contributed by atoms with E-state index in [4.69, 9.17) is 4.74 Å².